The van der Waals surface area contributed by atoms with Gasteiger partial charge in [0.1, 0.15) is 11.6 Å². The monoisotopic (exact) mass is 315 g/mol. The van der Waals surface area contributed by atoms with Gasteiger partial charge < -0.3 is 10.6 Å². The van der Waals surface area contributed by atoms with Gasteiger partial charge in [-0.1, -0.05) is 32.0 Å². The Morgan fingerprint density at radius 1 is 1.26 bits per heavy atom. The van der Waals surface area contributed by atoms with Crippen LogP contribution in [0.1, 0.15) is 29.8 Å². The minimum absolute atomic E-state index is 0.113. The molecule has 0 fully saturated rings. The molecule has 0 saturated carbocycles. The normalized spacial score (nSPS) is 10.6. The summed E-state index contributed by atoms with van der Waals surface area (Å²) in [6, 6.07) is 10.1. The number of rotatable bonds is 7. The fourth-order valence-electron chi connectivity index (χ4n) is 2.09. The van der Waals surface area contributed by atoms with Crippen molar-refractivity contribution < 1.29 is 9.18 Å². The summed E-state index contributed by atoms with van der Waals surface area (Å²) in [5, 5.41) is 5.99. The van der Waals surface area contributed by atoms with Gasteiger partial charge in [-0.3, -0.25) is 4.79 Å². The highest BCUT2D eigenvalue weighted by Gasteiger charge is 2.07. The number of carbonyl (C=O) groups excluding carboxylic acids is 1. The van der Waals surface area contributed by atoms with Gasteiger partial charge in [-0.15, -0.1) is 0 Å². The van der Waals surface area contributed by atoms with Crippen molar-refractivity contribution in [3.8, 4) is 0 Å². The molecule has 0 aliphatic rings. The second kappa shape index (κ2) is 8.27. The molecule has 2 rings (SSSR count). The summed E-state index contributed by atoms with van der Waals surface area (Å²) >= 11 is 0. The SMILES string of the molecule is CC(C)CNC(=O)c1ccnc(NCCc2ccccc2F)c1. The summed E-state index contributed by atoms with van der Waals surface area (Å²) in [5.74, 6) is 0.694. The average Bonchev–Trinajstić information content (AvgIpc) is 2.54. The number of amides is 1. The maximum atomic E-state index is 13.5. The van der Waals surface area contributed by atoms with Gasteiger partial charge in [-0.25, -0.2) is 9.37 Å². The summed E-state index contributed by atoms with van der Waals surface area (Å²) < 4.78 is 13.5. The molecule has 2 N–H and O–H groups in total. The lowest BCUT2D eigenvalue weighted by Crippen LogP contribution is -2.27. The van der Waals surface area contributed by atoms with Crippen LogP contribution in [0, 0.1) is 11.7 Å². The van der Waals surface area contributed by atoms with Gasteiger partial charge in [0.25, 0.3) is 5.91 Å². The number of carbonyl (C=O) groups is 1. The molecule has 1 amide bonds. The maximum absolute atomic E-state index is 13.5. The van der Waals surface area contributed by atoms with Gasteiger partial charge in [0, 0.05) is 24.8 Å². The Bertz CT molecular complexity index is 658. The molecule has 4 nitrogen and oxygen atoms in total. The summed E-state index contributed by atoms with van der Waals surface area (Å²) in [6.45, 7) is 5.27. The van der Waals surface area contributed by atoms with E-state index in [1.54, 1.807) is 30.5 Å². The quantitative estimate of drug-likeness (QED) is 0.824. The van der Waals surface area contributed by atoms with Crippen LogP contribution >= 0.6 is 0 Å². The molecule has 0 atom stereocenters. The number of nitrogens with zero attached hydrogens (tertiary/aromatic N) is 1. The Labute approximate surface area is 136 Å². The molecule has 122 valence electrons. The van der Waals surface area contributed by atoms with Crippen LogP contribution in [-0.4, -0.2) is 24.0 Å². The molecule has 23 heavy (non-hydrogen) atoms. The molecule has 1 heterocycles. The molecule has 0 bridgehead atoms. The van der Waals surface area contributed by atoms with Gasteiger partial charge in [0.15, 0.2) is 0 Å². The first-order valence-electron chi connectivity index (χ1n) is 7.78. The Hall–Kier alpha value is -2.43. The zero-order valence-corrected chi connectivity index (χ0v) is 13.5. The Morgan fingerprint density at radius 2 is 2.04 bits per heavy atom. The van der Waals surface area contributed by atoms with Crippen molar-refractivity contribution in [2.45, 2.75) is 20.3 Å². The van der Waals surface area contributed by atoms with E-state index in [-0.39, 0.29) is 11.7 Å². The van der Waals surface area contributed by atoms with Gasteiger partial charge in [0.05, 0.1) is 0 Å². The first kappa shape index (κ1) is 16.9. The van der Waals surface area contributed by atoms with Crippen molar-refractivity contribution in [1.29, 1.82) is 0 Å². The number of pyridine rings is 1. The van der Waals surface area contributed by atoms with Crippen molar-refractivity contribution in [2.24, 2.45) is 5.92 Å². The van der Waals surface area contributed by atoms with E-state index in [9.17, 15) is 9.18 Å². The highest BCUT2D eigenvalue weighted by Crippen LogP contribution is 2.10. The molecule has 0 aliphatic heterocycles. The van der Waals surface area contributed by atoms with Crippen LogP contribution in [0.4, 0.5) is 10.2 Å². The van der Waals surface area contributed by atoms with Gasteiger partial charge >= 0.3 is 0 Å². The molecule has 0 saturated heterocycles. The first-order chi connectivity index (χ1) is 11.1. The Balaban J connectivity index is 1.90. The van der Waals surface area contributed by atoms with E-state index in [0.717, 1.165) is 0 Å². The average molecular weight is 315 g/mol. The van der Waals surface area contributed by atoms with Crippen molar-refractivity contribution in [3.63, 3.8) is 0 Å². The van der Waals surface area contributed by atoms with Crippen molar-refractivity contribution in [1.82, 2.24) is 10.3 Å². The van der Waals surface area contributed by atoms with Crippen molar-refractivity contribution >= 4 is 11.7 Å². The number of hydrogen-bond donors (Lipinski definition) is 2. The number of hydrogen-bond acceptors (Lipinski definition) is 3. The number of halogens is 1. The molecule has 1 aromatic carbocycles. The van der Waals surface area contributed by atoms with Crippen LogP contribution in [0.2, 0.25) is 0 Å². The lowest BCUT2D eigenvalue weighted by Gasteiger charge is -2.10. The maximum Gasteiger partial charge on any atom is 0.251 e. The number of anilines is 1. The molecular weight excluding hydrogens is 293 g/mol. The van der Waals surface area contributed by atoms with Crippen LogP contribution < -0.4 is 10.6 Å². The van der Waals surface area contributed by atoms with Crippen LogP contribution in [0.25, 0.3) is 0 Å². The second-order valence-corrected chi connectivity index (χ2v) is 5.80. The number of benzene rings is 1. The van der Waals surface area contributed by atoms with E-state index in [2.05, 4.69) is 15.6 Å². The fraction of sp³-hybridized carbons (Fsp3) is 0.333. The molecule has 1 aromatic heterocycles. The predicted octanol–water partition coefficient (Wildman–Crippen LogP) is 3.26. The molecule has 0 unspecified atom stereocenters. The lowest BCUT2D eigenvalue weighted by atomic mass is 10.1. The second-order valence-electron chi connectivity index (χ2n) is 5.80. The largest absolute Gasteiger partial charge is 0.370 e. The number of aromatic nitrogens is 1. The topological polar surface area (TPSA) is 54.0 Å². The summed E-state index contributed by atoms with van der Waals surface area (Å²) in [5.41, 5.74) is 1.22. The van der Waals surface area contributed by atoms with Crippen molar-refractivity contribution in [2.75, 3.05) is 18.4 Å². The standard InChI is InChI=1S/C18H22FN3O/c1-13(2)12-22-18(23)15-8-10-21-17(11-15)20-9-7-14-5-3-4-6-16(14)19/h3-6,8,10-11,13H,7,9,12H2,1-2H3,(H,20,21)(H,22,23). The van der Waals surface area contributed by atoms with E-state index in [4.69, 9.17) is 0 Å². The van der Waals surface area contributed by atoms with Crippen LogP contribution in [0.3, 0.4) is 0 Å². The molecular formula is C18H22FN3O. The third kappa shape index (κ3) is 5.36. The van der Waals surface area contributed by atoms with E-state index < -0.39 is 0 Å². The summed E-state index contributed by atoms with van der Waals surface area (Å²) in [4.78, 5) is 16.2. The van der Waals surface area contributed by atoms with Gasteiger partial charge in [0.2, 0.25) is 0 Å². The first-order valence-corrected chi connectivity index (χ1v) is 7.78. The summed E-state index contributed by atoms with van der Waals surface area (Å²) in [7, 11) is 0. The fourth-order valence-corrected chi connectivity index (χ4v) is 2.09. The molecule has 0 radical (unpaired) electrons. The Morgan fingerprint density at radius 3 is 2.78 bits per heavy atom. The third-order valence-electron chi connectivity index (χ3n) is 3.35. The van der Waals surface area contributed by atoms with E-state index >= 15 is 0 Å². The molecule has 0 spiro atoms. The molecule has 5 heteroatoms. The highest BCUT2D eigenvalue weighted by molar-refractivity contribution is 5.94. The Kier molecular flexibility index (Phi) is 6.09. The van der Waals surface area contributed by atoms with Gasteiger partial charge in [-0.2, -0.15) is 0 Å². The zero-order chi connectivity index (χ0) is 16.7. The number of nitrogens with one attached hydrogen (secondary N) is 2. The molecule has 0 aliphatic carbocycles. The van der Waals surface area contributed by atoms with E-state index in [1.807, 2.05) is 19.9 Å². The van der Waals surface area contributed by atoms with E-state index in [0.29, 0.717) is 42.4 Å². The van der Waals surface area contributed by atoms with Crippen LogP contribution in [0.15, 0.2) is 42.6 Å². The third-order valence-corrected chi connectivity index (χ3v) is 3.35. The molecule has 2 aromatic rings. The highest BCUT2D eigenvalue weighted by atomic mass is 19.1. The lowest BCUT2D eigenvalue weighted by molar-refractivity contribution is 0.0949. The van der Waals surface area contributed by atoms with E-state index in [1.165, 1.54) is 6.07 Å². The van der Waals surface area contributed by atoms with Crippen LogP contribution in [0.5, 0.6) is 0 Å². The van der Waals surface area contributed by atoms with Crippen molar-refractivity contribution in [3.05, 3.63) is 59.5 Å². The minimum Gasteiger partial charge on any atom is -0.370 e. The minimum atomic E-state index is -0.205. The smallest absolute Gasteiger partial charge is 0.251 e. The van der Waals surface area contributed by atoms with Crippen LogP contribution in [-0.2, 0) is 6.42 Å². The predicted molar refractivity (Wildman–Crippen MR) is 90.0 cm³/mol. The zero-order valence-electron chi connectivity index (χ0n) is 13.5. The van der Waals surface area contributed by atoms with Gasteiger partial charge in [-0.05, 0) is 36.1 Å². The summed E-state index contributed by atoms with van der Waals surface area (Å²) in [6.07, 6.45) is 2.15.